The van der Waals surface area contributed by atoms with Gasteiger partial charge in [-0.15, -0.1) is 0 Å². The number of nitrogens with one attached hydrogen (secondary N) is 1. The van der Waals surface area contributed by atoms with Crippen LogP contribution in [0.3, 0.4) is 0 Å². The minimum atomic E-state index is -0.279. The molecule has 0 spiro atoms. The molecule has 1 saturated heterocycles. The van der Waals surface area contributed by atoms with E-state index in [1.165, 1.54) is 6.07 Å². The summed E-state index contributed by atoms with van der Waals surface area (Å²) >= 11 is 0. The number of halogens is 1. The van der Waals surface area contributed by atoms with Crippen LogP contribution in [0.2, 0.25) is 0 Å². The highest BCUT2D eigenvalue weighted by Crippen LogP contribution is 2.17. The van der Waals surface area contributed by atoms with Crippen LogP contribution in [0.5, 0.6) is 5.75 Å². The van der Waals surface area contributed by atoms with Crippen LogP contribution in [0.4, 0.5) is 4.39 Å². The van der Waals surface area contributed by atoms with Crippen molar-refractivity contribution in [2.45, 2.75) is 6.42 Å². The molecular weight excluding hydrogens is 181 g/mol. The summed E-state index contributed by atoms with van der Waals surface area (Å²) in [7, 11) is 0. The summed E-state index contributed by atoms with van der Waals surface area (Å²) in [6.45, 7) is 2.63. The monoisotopic (exact) mass is 195 g/mol. The van der Waals surface area contributed by atoms with Crippen molar-refractivity contribution in [3.63, 3.8) is 0 Å². The molecule has 0 radical (unpaired) electrons. The molecule has 1 aromatic carbocycles. The van der Waals surface area contributed by atoms with Crippen LogP contribution in [0, 0.1) is 11.7 Å². The lowest BCUT2D eigenvalue weighted by molar-refractivity contribution is 0.249. The maximum atomic E-state index is 13.1. The van der Waals surface area contributed by atoms with E-state index in [1.807, 2.05) is 0 Å². The molecule has 0 amide bonds. The molecule has 2 rings (SSSR count). The first-order valence-electron chi connectivity index (χ1n) is 4.94. The number of hydrogen-bond donors (Lipinski definition) is 1. The minimum Gasteiger partial charge on any atom is -0.490 e. The molecule has 0 aliphatic carbocycles. The van der Waals surface area contributed by atoms with Gasteiger partial charge in [0.2, 0.25) is 0 Å². The predicted molar refractivity (Wildman–Crippen MR) is 52.9 cm³/mol. The topological polar surface area (TPSA) is 21.3 Å². The summed E-state index contributed by atoms with van der Waals surface area (Å²) in [5, 5.41) is 3.25. The average molecular weight is 195 g/mol. The maximum absolute atomic E-state index is 13.1. The number of ether oxygens (including phenoxy) is 1. The fourth-order valence-electron chi connectivity index (χ4n) is 1.63. The van der Waals surface area contributed by atoms with Gasteiger partial charge in [0.25, 0.3) is 0 Å². The predicted octanol–water partition coefficient (Wildman–Crippen LogP) is 1.81. The van der Waals surface area contributed by atoms with Gasteiger partial charge in [0.1, 0.15) is 0 Å². The van der Waals surface area contributed by atoms with E-state index in [4.69, 9.17) is 4.74 Å². The van der Waals surface area contributed by atoms with Crippen LogP contribution in [-0.2, 0) is 0 Å². The third-order valence-corrected chi connectivity index (χ3v) is 2.47. The van der Waals surface area contributed by atoms with Crippen LogP contribution in [0.1, 0.15) is 6.42 Å². The number of para-hydroxylation sites is 1. The zero-order valence-electron chi connectivity index (χ0n) is 8.00. The van der Waals surface area contributed by atoms with Crippen molar-refractivity contribution >= 4 is 0 Å². The van der Waals surface area contributed by atoms with Gasteiger partial charge in [0, 0.05) is 12.5 Å². The van der Waals surface area contributed by atoms with Gasteiger partial charge in [-0.1, -0.05) is 12.1 Å². The molecule has 2 nitrogen and oxygen atoms in total. The van der Waals surface area contributed by atoms with Crippen LogP contribution in [0.25, 0.3) is 0 Å². The second-order valence-electron chi connectivity index (χ2n) is 3.60. The Morgan fingerprint density at radius 3 is 3.00 bits per heavy atom. The van der Waals surface area contributed by atoms with Crippen LogP contribution < -0.4 is 10.1 Å². The molecule has 1 atom stereocenters. The molecule has 0 bridgehead atoms. The van der Waals surface area contributed by atoms with Crippen molar-refractivity contribution in [2.75, 3.05) is 19.7 Å². The average Bonchev–Trinajstić information content (AvgIpc) is 2.69. The largest absolute Gasteiger partial charge is 0.490 e. The summed E-state index contributed by atoms with van der Waals surface area (Å²) in [5.41, 5.74) is 0. The fraction of sp³-hybridized carbons (Fsp3) is 0.455. The quantitative estimate of drug-likeness (QED) is 0.794. The molecule has 1 heterocycles. The first-order valence-corrected chi connectivity index (χ1v) is 4.94. The van der Waals surface area contributed by atoms with Gasteiger partial charge < -0.3 is 10.1 Å². The fourth-order valence-corrected chi connectivity index (χ4v) is 1.63. The maximum Gasteiger partial charge on any atom is 0.165 e. The van der Waals surface area contributed by atoms with Gasteiger partial charge in [-0.25, -0.2) is 4.39 Å². The van der Waals surface area contributed by atoms with Gasteiger partial charge in [-0.3, -0.25) is 0 Å². The van der Waals surface area contributed by atoms with Gasteiger partial charge in [-0.2, -0.15) is 0 Å². The van der Waals surface area contributed by atoms with Crippen molar-refractivity contribution in [1.29, 1.82) is 0 Å². The number of hydrogen-bond acceptors (Lipinski definition) is 2. The third-order valence-electron chi connectivity index (χ3n) is 2.47. The smallest absolute Gasteiger partial charge is 0.165 e. The molecule has 0 saturated carbocycles. The van der Waals surface area contributed by atoms with Crippen molar-refractivity contribution in [3.05, 3.63) is 30.1 Å². The van der Waals surface area contributed by atoms with Crippen LogP contribution >= 0.6 is 0 Å². The van der Waals surface area contributed by atoms with E-state index in [0.717, 1.165) is 19.5 Å². The van der Waals surface area contributed by atoms with Gasteiger partial charge in [0.05, 0.1) is 6.61 Å². The van der Waals surface area contributed by atoms with E-state index in [9.17, 15) is 4.39 Å². The number of benzene rings is 1. The Morgan fingerprint density at radius 1 is 1.43 bits per heavy atom. The van der Waals surface area contributed by atoms with Crippen molar-refractivity contribution in [3.8, 4) is 5.75 Å². The van der Waals surface area contributed by atoms with Crippen molar-refractivity contribution < 1.29 is 9.13 Å². The zero-order valence-corrected chi connectivity index (χ0v) is 8.00. The second kappa shape index (κ2) is 4.42. The highest BCUT2D eigenvalue weighted by Gasteiger charge is 2.15. The highest BCUT2D eigenvalue weighted by atomic mass is 19.1. The Bertz CT molecular complexity index is 297. The summed E-state index contributed by atoms with van der Waals surface area (Å²) in [6, 6.07) is 6.53. The lowest BCUT2D eigenvalue weighted by Crippen LogP contribution is -2.15. The first-order chi connectivity index (χ1) is 6.86. The summed E-state index contributed by atoms with van der Waals surface area (Å²) in [6.07, 6.45) is 1.12. The lowest BCUT2D eigenvalue weighted by Gasteiger charge is -2.10. The summed E-state index contributed by atoms with van der Waals surface area (Å²) in [4.78, 5) is 0. The Kier molecular flexibility index (Phi) is 2.99. The third kappa shape index (κ3) is 2.23. The Labute approximate surface area is 83.1 Å². The zero-order chi connectivity index (χ0) is 9.80. The lowest BCUT2D eigenvalue weighted by atomic mass is 10.1. The minimum absolute atomic E-state index is 0.279. The molecule has 3 heteroatoms. The van der Waals surface area contributed by atoms with Gasteiger partial charge in [0.15, 0.2) is 11.6 Å². The van der Waals surface area contributed by atoms with E-state index >= 15 is 0 Å². The van der Waals surface area contributed by atoms with Gasteiger partial charge in [-0.05, 0) is 25.1 Å². The molecule has 76 valence electrons. The summed E-state index contributed by atoms with van der Waals surface area (Å²) in [5.74, 6) is 0.604. The van der Waals surface area contributed by atoms with Crippen molar-refractivity contribution in [2.24, 2.45) is 5.92 Å². The van der Waals surface area contributed by atoms with E-state index < -0.39 is 0 Å². The number of rotatable bonds is 3. The molecule has 1 aliphatic heterocycles. The Hall–Kier alpha value is -1.09. The molecule has 1 fully saturated rings. The van der Waals surface area contributed by atoms with E-state index in [0.29, 0.717) is 18.3 Å². The standard InChI is InChI=1S/C11H14FNO/c12-10-3-1-2-4-11(10)14-8-9-5-6-13-7-9/h1-4,9,13H,5-8H2/t9-/m1/s1. The first kappa shape index (κ1) is 9.46. The molecule has 14 heavy (non-hydrogen) atoms. The normalized spacial score (nSPS) is 21.1. The molecule has 0 aromatic heterocycles. The molecule has 1 aliphatic rings. The summed E-state index contributed by atoms with van der Waals surface area (Å²) < 4.78 is 18.5. The second-order valence-corrected chi connectivity index (χ2v) is 3.60. The Morgan fingerprint density at radius 2 is 2.29 bits per heavy atom. The van der Waals surface area contributed by atoms with Gasteiger partial charge >= 0.3 is 0 Å². The molecule has 1 N–H and O–H groups in total. The van der Waals surface area contributed by atoms with E-state index in [1.54, 1.807) is 18.2 Å². The molecule has 0 unspecified atom stereocenters. The SMILES string of the molecule is Fc1ccccc1OC[C@@H]1CCNC1. The molecule has 1 aromatic rings. The Balaban J connectivity index is 1.88. The van der Waals surface area contributed by atoms with Crippen molar-refractivity contribution in [1.82, 2.24) is 5.32 Å². The van der Waals surface area contributed by atoms with Crippen LogP contribution in [0.15, 0.2) is 24.3 Å². The highest BCUT2D eigenvalue weighted by molar-refractivity contribution is 5.23. The van der Waals surface area contributed by atoms with E-state index in [2.05, 4.69) is 5.32 Å². The molecular formula is C11H14FNO. The van der Waals surface area contributed by atoms with Crippen LogP contribution in [-0.4, -0.2) is 19.7 Å². The van der Waals surface area contributed by atoms with E-state index in [-0.39, 0.29) is 5.82 Å².